The fourth-order valence-corrected chi connectivity index (χ4v) is 2.46. The molecular weight excluding hydrogens is 250 g/mol. The van der Waals surface area contributed by atoms with Gasteiger partial charge in [-0.05, 0) is 12.1 Å². The van der Waals surface area contributed by atoms with Crippen LogP contribution < -0.4 is 5.32 Å². The number of rotatable bonds is 3. The zero-order chi connectivity index (χ0) is 11.6. The highest BCUT2D eigenvalue weighted by atomic mass is 35.5. The van der Waals surface area contributed by atoms with Crippen LogP contribution in [-0.4, -0.2) is 36.4 Å². The minimum atomic E-state index is -0.920. The lowest BCUT2D eigenvalue weighted by atomic mass is 10.0. The molecule has 2 rings (SSSR count). The summed E-state index contributed by atoms with van der Waals surface area (Å²) in [5, 5.41) is 12.6. The first kappa shape index (κ1) is 11.9. The SMILES string of the molecule is O=C(NCC1(O)CCOC1)c1ccc(Cl)s1. The van der Waals surface area contributed by atoms with Gasteiger partial charge in [0, 0.05) is 19.6 Å². The van der Waals surface area contributed by atoms with Gasteiger partial charge in [-0.15, -0.1) is 11.3 Å². The Morgan fingerprint density at radius 3 is 3.06 bits per heavy atom. The summed E-state index contributed by atoms with van der Waals surface area (Å²) in [5.41, 5.74) is -0.920. The molecule has 1 unspecified atom stereocenters. The Morgan fingerprint density at radius 1 is 1.69 bits per heavy atom. The van der Waals surface area contributed by atoms with Crippen LogP contribution in [0.4, 0.5) is 0 Å². The molecule has 2 N–H and O–H groups in total. The number of nitrogens with one attached hydrogen (secondary N) is 1. The number of carbonyl (C=O) groups excluding carboxylic acids is 1. The second-order valence-corrected chi connectivity index (χ2v) is 5.53. The van der Waals surface area contributed by atoms with Crippen LogP contribution in [0.3, 0.4) is 0 Å². The quantitative estimate of drug-likeness (QED) is 0.862. The van der Waals surface area contributed by atoms with Gasteiger partial charge >= 0.3 is 0 Å². The van der Waals surface area contributed by atoms with Crippen molar-refractivity contribution in [2.24, 2.45) is 0 Å². The molecule has 88 valence electrons. The van der Waals surface area contributed by atoms with Gasteiger partial charge in [0.25, 0.3) is 5.91 Å². The van der Waals surface area contributed by atoms with E-state index in [9.17, 15) is 9.90 Å². The van der Waals surface area contributed by atoms with E-state index in [-0.39, 0.29) is 19.1 Å². The number of hydrogen-bond donors (Lipinski definition) is 2. The molecule has 1 aromatic rings. The van der Waals surface area contributed by atoms with E-state index < -0.39 is 5.60 Å². The van der Waals surface area contributed by atoms with Gasteiger partial charge in [0.15, 0.2) is 0 Å². The fraction of sp³-hybridized carbons (Fsp3) is 0.500. The molecule has 4 nitrogen and oxygen atoms in total. The first-order valence-corrected chi connectivity index (χ1v) is 6.12. The summed E-state index contributed by atoms with van der Waals surface area (Å²) in [5.74, 6) is -0.211. The predicted octanol–water partition coefficient (Wildman–Crippen LogP) is 1.28. The van der Waals surface area contributed by atoms with E-state index in [1.807, 2.05) is 0 Å². The van der Waals surface area contributed by atoms with Crippen molar-refractivity contribution < 1.29 is 14.6 Å². The third-order valence-corrected chi connectivity index (χ3v) is 3.69. The van der Waals surface area contributed by atoms with Crippen LogP contribution >= 0.6 is 22.9 Å². The highest BCUT2D eigenvalue weighted by Gasteiger charge is 2.32. The van der Waals surface area contributed by atoms with Crippen molar-refractivity contribution in [3.05, 3.63) is 21.3 Å². The van der Waals surface area contributed by atoms with Gasteiger partial charge in [-0.2, -0.15) is 0 Å². The molecule has 16 heavy (non-hydrogen) atoms. The van der Waals surface area contributed by atoms with Crippen LogP contribution in [0.5, 0.6) is 0 Å². The minimum absolute atomic E-state index is 0.210. The van der Waals surface area contributed by atoms with Gasteiger partial charge in [-0.3, -0.25) is 4.79 Å². The third-order valence-electron chi connectivity index (χ3n) is 2.46. The summed E-state index contributed by atoms with van der Waals surface area (Å²) >= 11 is 6.95. The zero-order valence-electron chi connectivity index (χ0n) is 8.53. The number of aliphatic hydroxyl groups is 1. The highest BCUT2D eigenvalue weighted by Crippen LogP contribution is 2.22. The van der Waals surface area contributed by atoms with E-state index in [0.29, 0.717) is 22.2 Å². The molecule has 0 aromatic carbocycles. The molecule has 0 bridgehead atoms. The van der Waals surface area contributed by atoms with E-state index in [2.05, 4.69) is 5.32 Å². The number of halogens is 1. The molecule has 0 radical (unpaired) electrons. The molecule has 1 atom stereocenters. The molecular formula is C10H12ClNO3S. The molecule has 1 aliphatic heterocycles. The molecule has 1 aromatic heterocycles. The Morgan fingerprint density at radius 2 is 2.50 bits per heavy atom. The first-order valence-electron chi connectivity index (χ1n) is 4.93. The smallest absolute Gasteiger partial charge is 0.261 e. The van der Waals surface area contributed by atoms with Crippen LogP contribution in [0.15, 0.2) is 12.1 Å². The normalized spacial score (nSPS) is 24.6. The van der Waals surface area contributed by atoms with Crippen LogP contribution in [0.1, 0.15) is 16.1 Å². The van der Waals surface area contributed by atoms with Crippen molar-refractivity contribution in [1.29, 1.82) is 0 Å². The van der Waals surface area contributed by atoms with E-state index in [1.165, 1.54) is 11.3 Å². The standard InChI is InChI=1S/C10H12ClNO3S/c11-8-2-1-7(16-8)9(13)12-5-10(14)3-4-15-6-10/h1-2,14H,3-6H2,(H,12,13). The number of carbonyl (C=O) groups is 1. The number of thiophene rings is 1. The van der Waals surface area contributed by atoms with Crippen LogP contribution in [-0.2, 0) is 4.74 Å². The van der Waals surface area contributed by atoms with Gasteiger partial charge in [-0.1, -0.05) is 11.6 Å². The lowest BCUT2D eigenvalue weighted by molar-refractivity contribution is 0.0265. The molecule has 2 heterocycles. The first-order chi connectivity index (χ1) is 7.59. The van der Waals surface area contributed by atoms with Crippen LogP contribution in [0.25, 0.3) is 0 Å². The Balaban J connectivity index is 1.88. The van der Waals surface area contributed by atoms with Gasteiger partial charge in [0.1, 0.15) is 5.60 Å². The monoisotopic (exact) mass is 261 g/mol. The van der Waals surface area contributed by atoms with Crippen molar-refractivity contribution in [2.45, 2.75) is 12.0 Å². The molecule has 1 amide bonds. The maximum atomic E-state index is 11.6. The van der Waals surface area contributed by atoms with Crippen molar-refractivity contribution >= 4 is 28.8 Å². The van der Waals surface area contributed by atoms with E-state index >= 15 is 0 Å². The summed E-state index contributed by atoms with van der Waals surface area (Å²) in [7, 11) is 0. The summed E-state index contributed by atoms with van der Waals surface area (Å²) in [6.45, 7) is 1.02. The van der Waals surface area contributed by atoms with Crippen LogP contribution in [0.2, 0.25) is 4.34 Å². The largest absolute Gasteiger partial charge is 0.386 e. The topological polar surface area (TPSA) is 58.6 Å². The average Bonchev–Trinajstić information content (AvgIpc) is 2.85. The fourth-order valence-electron chi connectivity index (χ4n) is 1.50. The molecule has 0 aliphatic carbocycles. The molecule has 1 saturated heterocycles. The number of ether oxygens (including phenoxy) is 1. The highest BCUT2D eigenvalue weighted by molar-refractivity contribution is 7.17. The Hall–Kier alpha value is -0.620. The minimum Gasteiger partial charge on any atom is -0.386 e. The van der Waals surface area contributed by atoms with Crippen molar-refractivity contribution in [3.8, 4) is 0 Å². The predicted molar refractivity (Wildman–Crippen MR) is 62.0 cm³/mol. The number of amides is 1. The van der Waals surface area contributed by atoms with E-state index in [0.717, 1.165) is 0 Å². The molecule has 6 heteroatoms. The lowest BCUT2D eigenvalue weighted by Gasteiger charge is -2.20. The number of hydrogen-bond acceptors (Lipinski definition) is 4. The molecule has 0 spiro atoms. The van der Waals surface area contributed by atoms with Crippen LogP contribution in [0, 0.1) is 0 Å². The summed E-state index contributed by atoms with van der Waals surface area (Å²) in [6, 6.07) is 3.34. The summed E-state index contributed by atoms with van der Waals surface area (Å²) < 4.78 is 5.66. The maximum absolute atomic E-state index is 11.6. The molecule has 0 saturated carbocycles. The Bertz CT molecular complexity index is 387. The summed E-state index contributed by atoms with van der Waals surface area (Å²) in [4.78, 5) is 12.2. The molecule has 1 fully saturated rings. The Labute approximate surface area is 102 Å². The van der Waals surface area contributed by atoms with Gasteiger partial charge in [-0.25, -0.2) is 0 Å². The molecule has 1 aliphatic rings. The second-order valence-electron chi connectivity index (χ2n) is 3.81. The van der Waals surface area contributed by atoms with Crippen molar-refractivity contribution in [2.75, 3.05) is 19.8 Å². The van der Waals surface area contributed by atoms with E-state index in [1.54, 1.807) is 12.1 Å². The average molecular weight is 262 g/mol. The van der Waals surface area contributed by atoms with Gasteiger partial charge in [0.05, 0.1) is 15.8 Å². The third kappa shape index (κ3) is 2.74. The van der Waals surface area contributed by atoms with E-state index in [4.69, 9.17) is 16.3 Å². The Kier molecular flexibility index (Phi) is 3.49. The van der Waals surface area contributed by atoms with Gasteiger partial charge in [0.2, 0.25) is 0 Å². The summed E-state index contributed by atoms with van der Waals surface area (Å²) in [6.07, 6.45) is 0.554. The second kappa shape index (κ2) is 4.71. The lowest BCUT2D eigenvalue weighted by Crippen LogP contribution is -2.43. The maximum Gasteiger partial charge on any atom is 0.261 e. The van der Waals surface area contributed by atoms with Gasteiger partial charge < -0.3 is 15.2 Å². The van der Waals surface area contributed by atoms with Crippen molar-refractivity contribution in [3.63, 3.8) is 0 Å². The van der Waals surface area contributed by atoms with Crippen molar-refractivity contribution in [1.82, 2.24) is 5.32 Å². The zero-order valence-corrected chi connectivity index (χ0v) is 10.1.